The molecule has 2 nitrogen and oxygen atoms in total. The van der Waals surface area contributed by atoms with E-state index in [9.17, 15) is 0 Å². The first-order valence-electron chi connectivity index (χ1n) is 6.89. The zero-order valence-corrected chi connectivity index (χ0v) is 15.4. The minimum Gasteiger partial charge on any atom is -0.394 e. The van der Waals surface area contributed by atoms with E-state index in [1.165, 1.54) is 0 Å². The Morgan fingerprint density at radius 2 is 1.50 bits per heavy atom. The Morgan fingerprint density at radius 3 is 1.95 bits per heavy atom. The lowest BCUT2D eigenvalue weighted by molar-refractivity contribution is 0.161. The van der Waals surface area contributed by atoms with Gasteiger partial charge in [0, 0.05) is 27.2 Å². The predicted molar refractivity (Wildman–Crippen MR) is 89.2 cm³/mol. The molecule has 0 saturated carbocycles. The molecule has 20 heavy (non-hydrogen) atoms. The van der Waals surface area contributed by atoms with Crippen LogP contribution in [0.5, 0.6) is 0 Å². The summed E-state index contributed by atoms with van der Waals surface area (Å²) >= 11 is 18.3. The standard InChI is InChI=1S/C14H21Cl3O2Si/c1-4-7-18-20(5-2,6-3)19-10-12-13(16)8-11(15)9-14(12)17/h8-9H,4-7,10H2,1-3H3. The van der Waals surface area contributed by atoms with Gasteiger partial charge in [0.05, 0.1) is 6.61 Å². The normalized spacial score (nSPS) is 11.9. The highest BCUT2D eigenvalue weighted by Crippen LogP contribution is 2.31. The number of halogens is 3. The van der Waals surface area contributed by atoms with Crippen LogP contribution >= 0.6 is 34.8 Å². The average molecular weight is 356 g/mol. The maximum absolute atomic E-state index is 6.18. The minimum atomic E-state index is -2.16. The number of hydrogen-bond acceptors (Lipinski definition) is 2. The Bertz CT molecular complexity index is 413. The van der Waals surface area contributed by atoms with Gasteiger partial charge in [-0.15, -0.1) is 0 Å². The van der Waals surface area contributed by atoms with E-state index < -0.39 is 8.56 Å². The second-order valence-electron chi connectivity index (χ2n) is 4.60. The van der Waals surface area contributed by atoms with Crippen LogP contribution in [0.4, 0.5) is 0 Å². The molecule has 0 radical (unpaired) electrons. The molecule has 1 aromatic rings. The summed E-state index contributed by atoms with van der Waals surface area (Å²) in [6.07, 6.45) is 0.987. The van der Waals surface area contributed by atoms with E-state index in [2.05, 4.69) is 20.8 Å². The molecule has 0 aliphatic carbocycles. The summed E-state index contributed by atoms with van der Waals surface area (Å²) in [5, 5.41) is 1.60. The summed E-state index contributed by atoms with van der Waals surface area (Å²) in [6.45, 7) is 7.41. The summed E-state index contributed by atoms with van der Waals surface area (Å²) in [4.78, 5) is 0. The summed E-state index contributed by atoms with van der Waals surface area (Å²) < 4.78 is 12.1. The molecular formula is C14H21Cl3O2Si. The van der Waals surface area contributed by atoms with E-state index in [4.69, 9.17) is 43.7 Å². The van der Waals surface area contributed by atoms with Gasteiger partial charge in [0.15, 0.2) is 0 Å². The van der Waals surface area contributed by atoms with Crippen LogP contribution in [-0.4, -0.2) is 15.2 Å². The molecule has 0 amide bonds. The van der Waals surface area contributed by atoms with Gasteiger partial charge in [-0.25, -0.2) is 0 Å². The van der Waals surface area contributed by atoms with Crippen LogP contribution in [0.1, 0.15) is 32.8 Å². The van der Waals surface area contributed by atoms with Gasteiger partial charge in [-0.2, -0.15) is 0 Å². The van der Waals surface area contributed by atoms with Crippen molar-refractivity contribution < 1.29 is 8.85 Å². The minimum absolute atomic E-state index is 0.368. The predicted octanol–water partition coefficient (Wildman–Crippen LogP) is 6.07. The molecule has 0 heterocycles. The van der Waals surface area contributed by atoms with E-state index in [0.717, 1.165) is 30.7 Å². The molecule has 1 aromatic carbocycles. The van der Waals surface area contributed by atoms with Gasteiger partial charge in [-0.1, -0.05) is 55.6 Å². The second-order valence-corrected chi connectivity index (χ2v) is 9.67. The van der Waals surface area contributed by atoms with E-state index >= 15 is 0 Å². The second kappa shape index (κ2) is 8.62. The molecule has 0 aromatic heterocycles. The lowest BCUT2D eigenvalue weighted by Crippen LogP contribution is -2.40. The van der Waals surface area contributed by atoms with Crippen molar-refractivity contribution in [3.05, 3.63) is 32.8 Å². The first-order chi connectivity index (χ1) is 9.48. The van der Waals surface area contributed by atoms with Crippen molar-refractivity contribution in [2.24, 2.45) is 0 Å². The first kappa shape index (κ1) is 18.3. The molecule has 0 spiro atoms. The SMILES string of the molecule is CCCO[Si](CC)(CC)OCc1c(Cl)cc(Cl)cc1Cl. The molecule has 0 aliphatic heterocycles. The van der Waals surface area contributed by atoms with Crippen molar-refractivity contribution in [1.82, 2.24) is 0 Å². The highest BCUT2D eigenvalue weighted by Gasteiger charge is 2.33. The first-order valence-corrected chi connectivity index (χ1v) is 10.3. The summed E-state index contributed by atoms with van der Waals surface area (Å²) in [5.74, 6) is 0. The maximum Gasteiger partial charge on any atom is 0.337 e. The third kappa shape index (κ3) is 4.90. The lowest BCUT2D eigenvalue weighted by atomic mass is 10.2. The molecule has 0 atom stereocenters. The number of benzene rings is 1. The Kier molecular flexibility index (Phi) is 7.87. The van der Waals surface area contributed by atoms with Crippen molar-refractivity contribution in [3.8, 4) is 0 Å². The van der Waals surface area contributed by atoms with E-state index in [-0.39, 0.29) is 0 Å². The van der Waals surface area contributed by atoms with Gasteiger partial charge in [0.1, 0.15) is 0 Å². The smallest absolute Gasteiger partial charge is 0.337 e. The molecule has 0 unspecified atom stereocenters. The third-order valence-electron chi connectivity index (χ3n) is 3.23. The van der Waals surface area contributed by atoms with Crippen LogP contribution in [0.3, 0.4) is 0 Å². The molecule has 0 fully saturated rings. The van der Waals surface area contributed by atoms with Gasteiger partial charge >= 0.3 is 8.56 Å². The monoisotopic (exact) mass is 354 g/mol. The molecule has 6 heteroatoms. The van der Waals surface area contributed by atoms with Crippen LogP contribution in [0.25, 0.3) is 0 Å². The largest absolute Gasteiger partial charge is 0.394 e. The fraction of sp³-hybridized carbons (Fsp3) is 0.571. The van der Waals surface area contributed by atoms with E-state index in [1.54, 1.807) is 12.1 Å². The Morgan fingerprint density at radius 1 is 0.950 bits per heavy atom. The lowest BCUT2D eigenvalue weighted by Gasteiger charge is -2.29. The van der Waals surface area contributed by atoms with Crippen molar-refractivity contribution in [2.45, 2.75) is 45.9 Å². The van der Waals surface area contributed by atoms with Crippen LogP contribution in [0.2, 0.25) is 27.2 Å². The van der Waals surface area contributed by atoms with Gasteiger partial charge in [0.2, 0.25) is 0 Å². The Balaban J connectivity index is 2.82. The third-order valence-corrected chi connectivity index (χ3v) is 7.68. The van der Waals surface area contributed by atoms with Crippen LogP contribution in [0, 0.1) is 0 Å². The van der Waals surface area contributed by atoms with Crippen molar-refractivity contribution in [1.29, 1.82) is 0 Å². The highest BCUT2D eigenvalue weighted by atomic mass is 35.5. The molecule has 114 valence electrons. The van der Waals surface area contributed by atoms with Gasteiger partial charge in [-0.3, -0.25) is 0 Å². The fourth-order valence-electron chi connectivity index (χ4n) is 1.90. The van der Waals surface area contributed by atoms with Crippen molar-refractivity contribution in [3.63, 3.8) is 0 Å². The fourth-order valence-corrected chi connectivity index (χ4v) is 5.21. The molecule has 0 aliphatic rings. The van der Waals surface area contributed by atoms with Crippen LogP contribution in [0.15, 0.2) is 12.1 Å². The Hall–Kier alpha value is 0.227. The van der Waals surface area contributed by atoms with Crippen molar-refractivity contribution >= 4 is 43.4 Å². The highest BCUT2D eigenvalue weighted by molar-refractivity contribution is 6.67. The average Bonchev–Trinajstić information content (AvgIpc) is 2.41. The molecular weight excluding hydrogens is 335 g/mol. The van der Waals surface area contributed by atoms with Gasteiger partial charge in [-0.05, 0) is 30.6 Å². The zero-order chi connectivity index (χ0) is 15.2. The van der Waals surface area contributed by atoms with Crippen molar-refractivity contribution in [2.75, 3.05) is 6.61 Å². The summed E-state index contributed by atoms with van der Waals surface area (Å²) in [7, 11) is -2.16. The van der Waals surface area contributed by atoms with E-state index in [1.807, 2.05) is 0 Å². The van der Waals surface area contributed by atoms with Crippen LogP contribution < -0.4 is 0 Å². The molecule has 1 rings (SSSR count). The maximum atomic E-state index is 6.18. The van der Waals surface area contributed by atoms with Gasteiger partial charge in [0.25, 0.3) is 0 Å². The summed E-state index contributed by atoms with van der Waals surface area (Å²) in [5.41, 5.74) is 0.775. The Labute approximate surface area is 137 Å². The van der Waals surface area contributed by atoms with Gasteiger partial charge < -0.3 is 8.85 Å². The number of rotatable bonds is 8. The number of hydrogen-bond donors (Lipinski definition) is 0. The summed E-state index contributed by atoms with van der Waals surface area (Å²) in [6, 6.07) is 5.18. The quantitative estimate of drug-likeness (QED) is 0.527. The topological polar surface area (TPSA) is 18.5 Å². The molecule has 0 saturated heterocycles. The molecule has 0 N–H and O–H groups in total. The molecule has 0 bridgehead atoms. The van der Waals surface area contributed by atoms with Crippen LogP contribution in [-0.2, 0) is 15.5 Å². The van der Waals surface area contributed by atoms with E-state index in [0.29, 0.717) is 21.7 Å². The zero-order valence-electron chi connectivity index (χ0n) is 12.1.